The fourth-order valence-corrected chi connectivity index (χ4v) is 4.73. The van der Waals surface area contributed by atoms with Crippen molar-refractivity contribution in [3.63, 3.8) is 0 Å². The van der Waals surface area contributed by atoms with Crippen LogP contribution >= 0.6 is 7.37 Å². The van der Waals surface area contributed by atoms with Crippen LogP contribution in [-0.4, -0.2) is 66.5 Å². The molecule has 2 aromatic carbocycles. The molecule has 29 heavy (non-hydrogen) atoms. The molecule has 0 bridgehead atoms. The van der Waals surface area contributed by atoms with E-state index in [-0.39, 0.29) is 0 Å². The number of carbonyl (C=O) groups is 2. The predicted molar refractivity (Wildman–Crippen MR) is 108 cm³/mol. The van der Waals surface area contributed by atoms with E-state index in [9.17, 15) is 4.57 Å². The first-order valence-corrected chi connectivity index (χ1v) is 10.7. The quantitative estimate of drug-likeness (QED) is 0.532. The molecular formula is C20H24NO7P. The lowest BCUT2D eigenvalue weighted by molar-refractivity contribution is -0.159. The van der Waals surface area contributed by atoms with Gasteiger partial charge >= 0.3 is 11.9 Å². The van der Waals surface area contributed by atoms with Crippen LogP contribution in [0, 0.1) is 0 Å². The van der Waals surface area contributed by atoms with Crippen molar-refractivity contribution in [3.8, 4) is 0 Å². The lowest BCUT2D eigenvalue weighted by Gasteiger charge is -2.27. The van der Waals surface area contributed by atoms with Gasteiger partial charge in [-0.15, -0.1) is 0 Å². The topological polar surface area (TPSA) is 113 Å². The zero-order valence-electron chi connectivity index (χ0n) is 15.8. The maximum Gasteiger partial charge on any atom is 0.414 e. The highest BCUT2D eigenvalue weighted by atomic mass is 31.2. The van der Waals surface area contributed by atoms with Gasteiger partial charge in [0.2, 0.25) is 0 Å². The summed E-state index contributed by atoms with van der Waals surface area (Å²) in [7, 11) is -3.05. The maximum absolute atomic E-state index is 13.6. The number of benzene rings is 2. The molecule has 0 atom stereocenters. The first-order valence-electron chi connectivity index (χ1n) is 9.05. The number of hydrogen-bond donors (Lipinski definition) is 2. The van der Waals surface area contributed by atoms with Crippen molar-refractivity contribution in [2.75, 3.05) is 39.5 Å². The predicted octanol–water partition coefficient (Wildman–Crippen LogP) is 1.42. The third-order valence-corrected chi connectivity index (χ3v) is 6.66. The molecule has 3 rings (SSSR count). The fraction of sp³-hybridized carbons (Fsp3) is 0.300. The van der Waals surface area contributed by atoms with E-state index >= 15 is 0 Å². The van der Waals surface area contributed by atoms with Gasteiger partial charge < -0.3 is 19.5 Å². The third kappa shape index (κ3) is 7.11. The lowest BCUT2D eigenvalue weighted by Crippen LogP contribution is -2.38. The van der Waals surface area contributed by atoms with Gasteiger partial charge in [0.15, 0.2) is 0 Å². The number of morpholine rings is 1. The van der Waals surface area contributed by atoms with Gasteiger partial charge in [-0.2, -0.15) is 0 Å². The average molecular weight is 421 g/mol. The van der Waals surface area contributed by atoms with Crippen LogP contribution in [0.25, 0.3) is 0 Å². The minimum Gasteiger partial charge on any atom is -0.473 e. The highest BCUT2D eigenvalue weighted by molar-refractivity contribution is 7.74. The van der Waals surface area contributed by atoms with Gasteiger partial charge in [-0.05, 0) is 24.3 Å². The van der Waals surface area contributed by atoms with E-state index in [0.717, 1.165) is 43.5 Å². The molecule has 1 aliphatic rings. The van der Waals surface area contributed by atoms with E-state index in [4.69, 9.17) is 29.1 Å². The summed E-state index contributed by atoms with van der Waals surface area (Å²) in [6, 6.07) is 19.0. The van der Waals surface area contributed by atoms with Gasteiger partial charge in [0.1, 0.15) is 0 Å². The standard InChI is InChI=1S/C18H22NO3P.C2H2O4/c20-23(17-7-3-1-4-8-17,18-9-5-2-6-10-18)22-16-13-19-11-14-21-15-12-19;3-1(4)2(5)6/h1-10H,11-16H2;(H,3,4)(H,5,6). The van der Waals surface area contributed by atoms with Gasteiger partial charge in [-0.3, -0.25) is 9.46 Å². The Morgan fingerprint density at radius 3 is 1.76 bits per heavy atom. The number of carboxylic acids is 2. The molecule has 1 saturated heterocycles. The van der Waals surface area contributed by atoms with Gasteiger partial charge in [0.05, 0.1) is 19.8 Å². The first kappa shape index (κ1) is 22.8. The Kier molecular flexibility index (Phi) is 9.02. The zero-order valence-corrected chi connectivity index (χ0v) is 16.7. The average Bonchev–Trinajstić information content (AvgIpc) is 2.76. The van der Waals surface area contributed by atoms with Gasteiger partial charge in [-0.1, -0.05) is 36.4 Å². The van der Waals surface area contributed by atoms with Crippen molar-refractivity contribution in [3.05, 3.63) is 60.7 Å². The van der Waals surface area contributed by atoms with E-state index in [1.807, 2.05) is 60.7 Å². The monoisotopic (exact) mass is 421 g/mol. The van der Waals surface area contributed by atoms with E-state index < -0.39 is 19.3 Å². The highest BCUT2D eigenvalue weighted by Gasteiger charge is 2.28. The summed E-state index contributed by atoms with van der Waals surface area (Å²) in [6.45, 7) is 4.55. The Bertz CT molecular complexity index is 768. The van der Waals surface area contributed by atoms with E-state index in [0.29, 0.717) is 6.61 Å². The van der Waals surface area contributed by atoms with Crippen molar-refractivity contribution < 1.29 is 33.6 Å². The van der Waals surface area contributed by atoms with Crippen molar-refractivity contribution in [1.82, 2.24) is 4.90 Å². The Hall–Kier alpha value is -2.51. The molecule has 0 saturated carbocycles. The van der Waals surface area contributed by atoms with E-state index in [2.05, 4.69) is 4.90 Å². The molecule has 2 N–H and O–H groups in total. The van der Waals surface area contributed by atoms with Crippen LogP contribution in [0.2, 0.25) is 0 Å². The Morgan fingerprint density at radius 2 is 1.34 bits per heavy atom. The van der Waals surface area contributed by atoms with Crippen LogP contribution in [0.1, 0.15) is 0 Å². The molecule has 156 valence electrons. The van der Waals surface area contributed by atoms with Crippen molar-refractivity contribution in [2.45, 2.75) is 0 Å². The van der Waals surface area contributed by atoms with Crippen LogP contribution in [0.3, 0.4) is 0 Å². The minimum atomic E-state index is -3.05. The van der Waals surface area contributed by atoms with Crippen LogP contribution < -0.4 is 10.6 Å². The molecule has 1 aliphatic heterocycles. The highest BCUT2D eigenvalue weighted by Crippen LogP contribution is 2.44. The third-order valence-electron chi connectivity index (χ3n) is 4.16. The number of aliphatic carboxylic acids is 2. The Balaban J connectivity index is 0.000000438. The number of carboxylic acid groups (broad SMARTS) is 2. The smallest absolute Gasteiger partial charge is 0.414 e. The number of hydrogen-bond acceptors (Lipinski definition) is 6. The molecule has 0 amide bonds. The van der Waals surface area contributed by atoms with Crippen LogP contribution in [-0.2, 0) is 23.4 Å². The molecule has 1 fully saturated rings. The molecule has 0 unspecified atom stereocenters. The summed E-state index contributed by atoms with van der Waals surface area (Å²) in [5.74, 6) is -3.65. The lowest BCUT2D eigenvalue weighted by atomic mass is 10.4. The van der Waals surface area contributed by atoms with Gasteiger partial charge in [-0.25, -0.2) is 9.59 Å². The second kappa shape index (κ2) is 11.5. The second-order valence-corrected chi connectivity index (χ2v) is 8.51. The van der Waals surface area contributed by atoms with Crippen molar-refractivity contribution in [2.24, 2.45) is 0 Å². The molecule has 0 aliphatic carbocycles. The largest absolute Gasteiger partial charge is 0.473 e. The number of ether oxygens (including phenoxy) is 1. The van der Waals surface area contributed by atoms with Crippen LogP contribution in [0.5, 0.6) is 0 Å². The fourth-order valence-electron chi connectivity index (χ4n) is 2.67. The molecule has 0 radical (unpaired) electrons. The van der Waals surface area contributed by atoms with Crippen LogP contribution in [0.15, 0.2) is 60.7 Å². The maximum atomic E-state index is 13.6. The van der Waals surface area contributed by atoms with E-state index in [1.165, 1.54) is 0 Å². The first-order chi connectivity index (χ1) is 13.9. The summed E-state index contributed by atoms with van der Waals surface area (Å²) in [5.41, 5.74) is 0. The normalized spacial score (nSPS) is 14.5. The van der Waals surface area contributed by atoms with Crippen LogP contribution in [0.4, 0.5) is 0 Å². The second-order valence-electron chi connectivity index (χ2n) is 6.12. The molecule has 2 aromatic rings. The van der Waals surface area contributed by atoms with Crippen molar-refractivity contribution >= 4 is 29.9 Å². The summed E-state index contributed by atoms with van der Waals surface area (Å²) in [6.07, 6.45) is 0. The summed E-state index contributed by atoms with van der Waals surface area (Å²) in [4.78, 5) is 20.5. The molecule has 9 heteroatoms. The summed E-state index contributed by atoms with van der Waals surface area (Å²) >= 11 is 0. The molecule has 8 nitrogen and oxygen atoms in total. The minimum absolute atomic E-state index is 0.446. The number of rotatable bonds is 6. The Labute approximate surface area is 169 Å². The van der Waals surface area contributed by atoms with Crippen molar-refractivity contribution in [1.29, 1.82) is 0 Å². The number of nitrogens with zero attached hydrogens (tertiary/aromatic N) is 1. The Morgan fingerprint density at radius 1 is 0.897 bits per heavy atom. The molecule has 1 heterocycles. The van der Waals surface area contributed by atoms with Gasteiger partial charge in [0.25, 0.3) is 7.37 Å². The van der Waals surface area contributed by atoms with Gasteiger partial charge in [0, 0.05) is 30.2 Å². The summed E-state index contributed by atoms with van der Waals surface area (Å²) < 4.78 is 24.9. The van der Waals surface area contributed by atoms with E-state index in [1.54, 1.807) is 0 Å². The zero-order chi connectivity index (χ0) is 21.1. The SMILES string of the molecule is O=C(O)C(=O)O.O=P(OCCN1CCOCC1)(c1ccccc1)c1ccccc1. The molecule has 0 spiro atoms. The molecular weight excluding hydrogens is 397 g/mol. The molecule has 0 aromatic heterocycles. The summed E-state index contributed by atoms with van der Waals surface area (Å²) in [5, 5.41) is 16.3.